The fourth-order valence-corrected chi connectivity index (χ4v) is 5.03. The Labute approximate surface area is 250 Å². The summed E-state index contributed by atoms with van der Waals surface area (Å²) in [6.45, 7) is 0.167. The molecule has 4 aromatic rings. The number of carbonyl (C=O) groups is 4. The van der Waals surface area contributed by atoms with E-state index < -0.39 is 29.9 Å². The smallest absolute Gasteiger partial charge is 0.411 e. The Bertz CT molecular complexity index is 1720. The fourth-order valence-electron chi connectivity index (χ4n) is 4.85. The Hall–Kier alpha value is -5.49. The molecule has 12 nitrogen and oxygen atoms in total. The summed E-state index contributed by atoms with van der Waals surface area (Å²) in [6.07, 6.45) is 5.70. The number of nitrogens with zero attached hydrogens (tertiary/aromatic N) is 4. The van der Waals surface area contributed by atoms with E-state index in [4.69, 9.17) is 16.3 Å². The van der Waals surface area contributed by atoms with Gasteiger partial charge in [-0.15, -0.1) is 10.2 Å². The third kappa shape index (κ3) is 6.39. The van der Waals surface area contributed by atoms with E-state index in [1.807, 2.05) is 0 Å². The molecule has 1 unspecified atom stereocenters. The van der Waals surface area contributed by atoms with Crippen LogP contribution < -0.4 is 10.6 Å². The third-order valence-electron chi connectivity index (χ3n) is 6.87. The minimum absolute atomic E-state index is 0.0633. The second-order valence-electron chi connectivity index (χ2n) is 9.45. The van der Waals surface area contributed by atoms with Crippen molar-refractivity contribution >= 4 is 52.9 Å². The average Bonchev–Trinajstić information content (AvgIpc) is 3.54. The van der Waals surface area contributed by atoms with Crippen LogP contribution in [0.1, 0.15) is 33.1 Å². The highest BCUT2D eigenvalue weighted by atomic mass is 35.5. The number of carboxylic acid groups (broad SMARTS) is 1. The van der Waals surface area contributed by atoms with Crippen LogP contribution in [-0.4, -0.2) is 62.3 Å². The second kappa shape index (κ2) is 12.6. The minimum Gasteiger partial charge on any atom is -0.478 e. The molecule has 1 atom stereocenters. The summed E-state index contributed by atoms with van der Waals surface area (Å²) >= 11 is 6.23. The minimum atomic E-state index is -1.10. The maximum absolute atomic E-state index is 13.8. The van der Waals surface area contributed by atoms with E-state index in [1.165, 1.54) is 55.0 Å². The lowest BCUT2D eigenvalue weighted by Crippen LogP contribution is -2.45. The number of aromatic nitrogens is 3. The molecule has 218 valence electrons. The number of rotatable bonds is 7. The summed E-state index contributed by atoms with van der Waals surface area (Å²) in [6, 6.07) is 14.9. The van der Waals surface area contributed by atoms with Gasteiger partial charge in [-0.3, -0.25) is 19.5 Å². The number of nitrogens with one attached hydrogen (secondary N) is 2. The van der Waals surface area contributed by atoms with Crippen LogP contribution in [0.5, 0.6) is 0 Å². The van der Waals surface area contributed by atoms with Gasteiger partial charge >= 0.3 is 12.1 Å². The van der Waals surface area contributed by atoms with Gasteiger partial charge in [0.25, 0.3) is 5.91 Å². The number of hydrogen-bond donors (Lipinski definition) is 3. The van der Waals surface area contributed by atoms with E-state index in [2.05, 4.69) is 20.8 Å². The second-order valence-corrected chi connectivity index (χ2v) is 9.89. The Morgan fingerprint density at radius 3 is 2.47 bits per heavy atom. The molecule has 2 heterocycles. The van der Waals surface area contributed by atoms with Gasteiger partial charge in [0.1, 0.15) is 18.7 Å². The molecule has 5 rings (SSSR count). The van der Waals surface area contributed by atoms with E-state index in [0.29, 0.717) is 45.2 Å². The van der Waals surface area contributed by atoms with Crippen LogP contribution in [-0.2, 0) is 20.7 Å². The average molecular weight is 601 g/mol. The zero-order valence-electron chi connectivity index (χ0n) is 22.7. The zero-order valence-corrected chi connectivity index (χ0v) is 23.5. The number of anilines is 2. The summed E-state index contributed by atoms with van der Waals surface area (Å²) in [5, 5.41) is 22.8. The number of fused-ring (bicyclic) bond motifs is 1. The first-order valence-corrected chi connectivity index (χ1v) is 13.4. The van der Waals surface area contributed by atoms with Crippen molar-refractivity contribution in [1.82, 2.24) is 19.7 Å². The van der Waals surface area contributed by atoms with Crippen molar-refractivity contribution in [3.8, 4) is 5.69 Å². The predicted molar refractivity (Wildman–Crippen MR) is 158 cm³/mol. The van der Waals surface area contributed by atoms with Crippen LogP contribution in [0.2, 0.25) is 5.02 Å². The van der Waals surface area contributed by atoms with Crippen molar-refractivity contribution in [2.45, 2.75) is 12.5 Å². The van der Waals surface area contributed by atoms with Gasteiger partial charge in [0.15, 0.2) is 0 Å². The number of aromatic carboxylic acids is 1. The molecule has 0 saturated carbocycles. The first kappa shape index (κ1) is 29.0. The first-order valence-electron chi connectivity index (χ1n) is 13.0. The highest BCUT2D eigenvalue weighted by Gasteiger charge is 2.36. The van der Waals surface area contributed by atoms with Crippen molar-refractivity contribution in [3.05, 3.63) is 107 Å². The van der Waals surface area contributed by atoms with Gasteiger partial charge in [0.05, 0.1) is 18.4 Å². The predicted octanol–water partition coefficient (Wildman–Crippen LogP) is 4.58. The molecule has 1 aromatic heterocycles. The number of benzene rings is 3. The van der Waals surface area contributed by atoms with Crippen molar-refractivity contribution in [3.63, 3.8) is 0 Å². The lowest BCUT2D eigenvalue weighted by Gasteiger charge is -2.36. The van der Waals surface area contributed by atoms with Crippen LogP contribution in [0.15, 0.2) is 79.4 Å². The van der Waals surface area contributed by atoms with Crippen LogP contribution in [0.25, 0.3) is 11.8 Å². The molecule has 3 amide bonds. The van der Waals surface area contributed by atoms with Crippen LogP contribution in [0.3, 0.4) is 0 Å². The lowest BCUT2D eigenvalue weighted by atomic mass is 9.90. The molecule has 43 heavy (non-hydrogen) atoms. The SMILES string of the molecule is COC(=O)Nc1cccc2c1CCN(C(=O)/C=C/c1cc(Cl)ccc1-n1cnnc1)C2C(=O)Nc1ccc(C(=O)O)cc1. The summed E-state index contributed by atoms with van der Waals surface area (Å²) in [4.78, 5) is 52.2. The molecular formula is C30H25ClN6O6. The summed E-state index contributed by atoms with van der Waals surface area (Å²) in [5.74, 6) is -2.05. The normalized spacial score (nSPS) is 14.2. The monoisotopic (exact) mass is 600 g/mol. The number of carboxylic acids is 1. The summed E-state index contributed by atoms with van der Waals surface area (Å²) in [5.41, 5.74) is 3.41. The van der Waals surface area contributed by atoms with Gasteiger partial charge in [-0.2, -0.15) is 0 Å². The third-order valence-corrected chi connectivity index (χ3v) is 7.10. The van der Waals surface area contributed by atoms with Gasteiger partial charge < -0.3 is 20.1 Å². The molecule has 0 radical (unpaired) electrons. The quantitative estimate of drug-likeness (QED) is 0.260. The molecule has 1 aliphatic heterocycles. The number of methoxy groups -OCH3 is 1. The van der Waals surface area contributed by atoms with E-state index in [0.717, 1.165) is 0 Å². The molecule has 1 aliphatic rings. The largest absolute Gasteiger partial charge is 0.478 e. The topological polar surface area (TPSA) is 156 Å². The van der Waals surface area contributed by atoms with E-state index >= 15 is 0 Å². The molecular weight excluding hydrogens is 576 g/mol. The van der Waals surface area contributed by atoms with Crippen molar-refractivity contribution in [2.75, 3.05) is 24.3 Å². The van der Waals surface area contributed by atoms with Gasteiger partial charge in [-0.25, -0.2) is 9.59 Å². The highest BCUT2D eigenvalue weighted by molar-refractivity contribution is 6.30. The standard InChI is InChI=1S/C30H25ClN6O6/c1-43-30(42)35-24-4-2-3-23-22(24)13-14-37(27(23)28(39)34-21-9-5-18(6-10-21)29(40)41)26(38)12-7-19-15-20(31)8-11-25(19)36-16-32-33-17-36/h2-12,15-17,27H,13-14H2,1H3,(H,34,39)(H,35,42)(H,40,41)/b12-7+. The van der Waals surface area contributed by atoms with Crippen molar-refractivity contribution in [1.29, 1.82) is 0 Å². The van der Waals surface area contributed by atoms with Gasteiger partial charge in [0.2, 0.25) is 5.91 Å². The fraction of sp³-hybridized carbons (Fsp3) is 0.133. The number of carbonyl (C=O) groups excluding carboxylic acids is 3. The molecule has 0 saturated heterocycles. The Morgan fingerprint density at radius 1 is 1.02 bits per heavy atom. The maximum atomic E-state index is 13.8. The summed E-state index contributed by atoms with van der Waals surface area (Å²) in [7, 11) is 1.25. The Morgan fingerprint density at radius 2 is 1.77 bits per heavy atom. The van der Waals surface area contributed by atoms with E-state index in [9.17, 15) is 24.3 Å². The molecule has 13 heteroatoms. The molecule has 0 fully saturated rings. The van der Waals surface area contributed by atoms with Crippen LogP contribution >= 0.6 is 11.6 Å². The van der Waals surface area contributed by atoms with E-state index in [-0.39, 0.29) is 12.1 Å². The number of halogens is 1. The van der Waals surface area contributed by atoms with Crippen LogP contribution in [0.4, 0.5) is 16.2 Å². The Balaban J connectivity index is 1.49. The summed E-state index contributed by atoms with van der Waals surface area (Å²) < 4.78 is 6.42. The van der Waals surface area contributed by atoms with Gasteiger partial charge in [-0.1, -0.05) is 23.7 Å². The van der Waals surface area contributed by atoms with Gasteiger partial charge in [0, 0.05) is 34.6 Å². The number of ether oxygens (including phenoxy) is 1. The number of amides is 3. The molecule has 0 bridgehead atoms. The Kier molecular flexibility index (Phi) is 8.49. The van der Waals surface area contributed by atoms with Gasteiger partial charge in [-0.05, 0) is 72.2 Å². The first-order chi connectivity index (χ1) is 20.7. The molecule has 0 aliphatic carbocycles. The maximum Gasteiger partial charge on any atom is 0.411 e. The van der Waals surface area contributed by atoms with Crippen LogP contribution in [0, 0.1) is 0 Å². The van der Waals surface area contributed by atoms with Crippen molar-refractivity contribution in [2.24, 2.45) is 0 Å². The molecule has 3 aromatic carbocycles. The zero-order chi connectivity index (χ0) is 30.5. The lowest BCUT2D eigenvalue weighted by molar-refractivity contribution is -0.135. The molecule has 0 spiro atoms. The van der Waals surface area contributed by atoms with Crippen molar-refractivity contribution < 1.29 is 29.0 Å². The molecule has 3 N–H and O–H groups in total. The van der Waals surface area contributed by atoms with E-state index in [1.54, 1.807) is 47.0 Å². The highest BCUT2D eigenvalue weighted by Crippen LogP contribution is 2.35. The number of hydrogen-bond acceptors (Lipinski definition) is 7.